The number of hydrogen-bond acceptors (Lipinski definition) is 5. The Balaban J connectivity index is 1.64. The molecule has 1 amide bonds. The summed E-state index contributed by atoms with van der Waals surface area (Å²) in [4.78, 5) is 18.4. The molecule has 0 radical (unpaired) electrons. The van der Waals surface area contributed by atoms with Crippen LogP contribution in [0, 0.1) is 11.2 Å². The first kappa shape index (κ1) is 18.8. The Labute approximate surface area is 152 Å². The maximum absolute atomic E-state index is 13.4. The minimum absolute atomic E-state index is 0.0145. The van der Waals surface area contributed by atoms with E-state index in [0.717, 1.165) is 11.3 Å². The van der Waals surface area contributed by atoms with E-state index in [1.54, 1.807) is 13.2 Å². The van der Waals surface area contributed by atoms with Gasteiger partial charge in [-0.3, -0.25) is 4.79 Å². The zero-order valence-corrected chi connectivity index (χ0v) is 15.0. The maximum atomic E-state index is 13.4. The number of amides is 1. The fourth-order valence-corrected chi connectivity index (χ4v) is 3.55. The van der Waals surface area contributed by atoms with Crippen LogP contribution >= 0.6 is 0 Å². The highest BCUT2D eigenvalue weighted by atomic mass is 19.1. The molecule has 26 heavy (non-hydrogen) atoms. The number of oxime groups is 1. The van der Waals surface area contributed by atoms with Gasteiger partial charge >= 0.3 is 0 Å². The Morgan fingerprint density at radius 1 is 1.42 bits per heavy atom. The van der Waals surface area contributed by atoms with Crippen LogP contribution in [-0.2, 0) is 19.1 Å². The van der Waals surface area contributed by atoms with Crippen molar-refractivity contribution in [1.29, 1.82) is 0 Å². The number of rotatable bonds is 7. The number of hydrogen-bond donors (Lipinski definition) is 1. The molecule has 1 atom stereocenters. The first-order valence-corrected chi connectivity index (χ1v) is 8.96. The van der Waals surface area contributed by atoms with Crippen molar-refractivity contribution >= 4 is 11.6 Å². The van der Waals surface area contributed by atoms with Gasteiger partial charge in [0, 0.05) is 45.3 Å². The number of methoxy groups -OCH3 is 1. The van der Waals surface area contributed by atoms with Crippen molar-refractivity contribution in [2.45, 2.75) is 31.8 Å². The second-order valence-electron chi connectivity index (χ2n) is 6.83. The quantitative estimate of drug-likeness (QED) is 0.754. The van der Waals surface area contributed by atoms with Crippen LogP contribution in [0.1, 0.15) is 31.2 Å². The van der Waals surface area contributed by atoms with Crippen molar-refractivity contribution in [3.8, 4) is 0 Å². The molecule has 142 valence electrons. The van der Waals surface area contributed by atoms with Gasteiger partial charge < -0.3 is 19.6 Å². The predicted octanol–water partition coefficient (Wildman–Crippen LogP) is 2.27. The van der Waals surface area contributed by atoms with Gasteiger partial charge in [0.05, 0.1) is 17.7 Å². The molecule has 0 spiro atoms. The van der Waals surface area contributed by atoms with Crippen LogP contribution in [0.2, 0.25) is 0 Å². The van der Waals surface area contributed by atoms with Crippen LogP contribution in [0.5, 0.6) is 0 Å². The van der Waals surface area contributed by atoms with E-state index < -0.39 is 5.41 Å². The molecule has 1 fully saturated rings. The summed E-state index contributed by atoms with van der Waals surface area (Å²) in [5.74, 6) is -0.285. The molecule has 1 aromatic carbocycles. The summed E-state index contributed by atoms with van der Waals surface area (Å²) in [6.45, 7) is 2.07. The molecule has 1 unspecified atom stereocenters. The van der Waals surface area contributed by atoms with E-state index in [9.17, 15) is 9.18 Å². The summed E-state index contributed by atoms with van der Waals surface area (Å²) in [6.07, 6.45) is 2.25. The van der Waals surface area contributed by atoms with E-state index in [4.69, 9.17) is 14.3 Å². The lowest BCUT2D eigenvalue weighted by Gasteiger charge is -2.36. The molecule has 3 rings (SSSR count). The fourth-order valence-electron chi connectivity index (χ4n) is 3.55. The molecule has 2 aliphatic rings. The highest BCUT2D eigenvalue weighted by Gasteiger charge is 2.43. The molecule has 1 saturated heterocycles. The van der Waals surface area contributed by atoms with Crippen molar-refractivity contribution in [2.75, 3.05) is 33.5 Å². The Kier molecular flexibility index (Phi) is 6.21. The standard InChI is InChI=1S/C19H25FN2O4/c1-24-10-7-21-18(23)19(5-8-25-9-6-19)13-16-12-17(22-26-16)14-3-2-4-15(20)11-14/h2-4,11,16H,5-10,12-13H2,1H3,(H,21,23). The Bertz CT molecular complexity index is 659. The number of nitrogens with one attached hydrogen (secondary N) is 1. The average molecular weight is 364 g/mol. The molecule has 2 aliphatic heterocycles. The lowest BCUT2D eigenvalue weighted by atomic mass is 9.74. The SMILES string of the molecule is COCCNC(=O)C1(CC2CC(c3cccc(F)c3)=NO2)CCOCC1. The van der Waals surface area contributed by atoms with Gasteiger partial charge in [-0.15, -0.1) is 0 Å². The summed E-state index contributed by atoms with van der Waals surface area (Å²) >= 11 is 0. The normalized spacial score (nSPS) is 21.8. The second-order valence-corrected chi connectivity index (χ2v) is 6.83. The summed E-state index contributed by atoms with van der Waals surface area (Å²) in [5, 5.41) is 7.08. The minimum atomic E-state index is -0.524. The van der Waals surface area contributed by atoms with Crippen molar-refractivity contribution in [3.63, 3.8) is 0 Å². The van der Waals surface area contributed by atoms with Crippen molar-refractivity contribution in [1.82, 2.24) is 5.32 Å². The van der Waals surface area contributed by atoms with Gasteiger partial charge in [-0.25, -0.2) is 4.39 Å². The third-order valence-electron chi connectivity index (χ3n) is 5.03. The van der Waals surface area contributed by atoms with Crippen LogP contribution < -0.4 is 5.32 Å². The zero-order valence-electron chi connectivity index (χ0n) is 15.0. The second kappa shape index (κ2) is 8.60. The summed E-state index contributed by atoms with van der Waals surface area (Å²) in [6, 6.07) is 6.32. The maximum Gasteiger partial charge on any atom is 0.226 e. The van der Waals surface area contributed by atoms with Crippen LogP contribution in [0.3, 0.4) is 0 Å². The topological polar surface area (TPSA) is 69.2 Å². The Morgan fingerprint density at radius 2 is 2.23 bits per heavy atom. The molecule has 7 heteroatoms. The van der Waals surface area contributed by atoms with Crippen LogP contribution in [0.25, 0.3) is 0 Å². The number of ether oxygens (including phenoxy) is 2. The smallest absolute Gasteiger partial charge is 0.226 e. The first-order chi connectivity index (χ1) is 12.6. The molecule has 0 saturated carbocycles. The molecule has 0 aliphatic carbocycles. The number of carbonyl (C=O) groups excluding carboxylic acids is 1. The van der Waals surface area contributed by atoms with Gasteiger partial charge in [0.25, 0.3) is 0 Å². The fraction of sp³-hybridized carbons (Fsp3) is 0.579. The van der Waals surface area contributed by atoms with Gasteiger partial charge in [0.2, 0.25) is 5.91 Å². The van der Waals surface area contributed by atoms with E-state index in [2.05, 4.69) is 10.5 Å². The molecule has 0 aromatic heterocycles. The van der Waals surface area contributed by atoms with E-state index >= 15 is 0 Å². The van der Waals surface area contributed by atoms with E-state index in [1.165, 1.54) is 12.1 Å². The van der Waals surface area contributed by atoms with Crippen molar-refractivity contribution in [3.05, 3.63) is 35.6 Å². The molecule has 1 aromatic rings. The van der Waals surface area contributed by atoms with Crippen molar-refractivity contribution in [2.24, 2.45) is 10.6 Å². The lowest BCUT2D eigenvalue weighted by molar-refractivity contribution is -0.140. The molecule has 2 heterocycles. The van der Waals surface area contributed by atoms with Crippen molar-refractivity contribution < 1.29 is 23.5 Å². The zero-order chi connectivity index (χ0) is 18.4. The average Bonchev–Trinajstić information content (AvgIpc) is 3.11. The third kappa shape index (κ3) is 4.40. The van der Waals surface area contributed by atoms with Crippen LogP contribution in [-0.4, -0.2) is 51.2 Å². The highest BCUT2D eigenvalue weighted by Crippen LogP contribution is 2.38. The first-order valence-electron chi connectivity index (χ1n) is 8.96. The van der Waals surface area contributed by atoms with E-state index in [1.807, 2.05) is 6.07 Å². The van der Waals surface area contributed by atoms with E-state index in [0.29, 0.717) is 52.0 Å². The number of nitrogens with zero attached hydrogens (tertiary/aromatic N) is 1. The summed E-state index contributed by atoms with van der Waals surface area (Å²) in [5.41, 5.74) is 0.915. The molecule has 0 bridgehead atoms. The Hall–Kier alpha value is -1.99. The third-order valence-corrected chi connectivity index (χ3v) is 5.03. The Morgan fingerprint density at radius 3 is 2.96 bits per heavy atom. The lowest BCUT2D eigenvalue weighted by Crippen LogP contribution is -2.47. The van der Waals surface area contributed by atoms with Gasteiger partial charge in [0.1, 0.15) is 11.9 Å². The summed E-state index contributed by atoms with van der Waals surface area (Å²) < 4.78 is 23.9. The van der Waals surface area contributed by atoms with Gasteiger partial charge in [-0.05, 0) is 25.0 Å². The number of benzene rings is 1. The predicted molar refractivity (Wildman–Crippen MR) is 94.4 cm³/mol. The minimum Gasteiger partial charge on any atom is -0.392 e. The number of carbonyl (C=O) groups is 1. The molecule has 6 nitrogen and oxygen atoms in total. The van der Waals surface area contributed by atoms with Gasteiger partial charge in [-0.2, -0.15) is 0 Å². The van der Waals surface area contributed by atoms with Crippen LogP contribution in [0.4, 0.5) is 4.39 Å². The highest BCUT2D eigenvalue weighted by molar-refractivity contribution is 6.01. The van der Waals surface area contributed by atoms with E-state index in [-0.39, 0.29) is 17.8 Å². The van der Waals surface area contributed by atoms with Gasteiger partial charge in [-0.1, -0.05) is 17.3 Å². The molecule has 1 N–H and O–H groups in total. The molecular formula is C19H25FN2O4. The summed E-state index contributed by atoms with van der Waals surface area (Å²) in [7, 11) is 1.61. The van der Waals surface area contributed by atoms with Crippen LogP contribution in [0.15, 0.2) is 29.4 Å². The largest absolute Gasteiger partial charge is 0.392 e. The van der Waals surface area contributed by atoms with Gasteiger partial charge in [0.15, 0.2) is 0 Å². The number of halogens is 1. The monoisotopic (exact) mass is 364 g/mol. The molecular weight excluding hydrogens is 339 g/mol.